The topological polar surface area (TPSA) is 55.0 Å². The monoisotopic (exact) mass is 220 g/mol. The van der Waals surface area contributed by atoms with Crippen molar-refractivity contribution in [3.63, 3.8) is 0 Å². The molecule has 1 aliphatic heterocycles. The summed E-state index contributed by atoms with van der Waals surface area (Å²) >= 11 is 0. The van der Waals surface area contributed by atoms with Gasteiger partial charge in [0.15, 0.2) is 0 Å². The highest BCUT2D eigenvalue weighted by Gasteiger charge is 2.26. The Morgan fingerprint density at radius 2 is 2.38 bits per heavy atom. The van der Waals surface area contributed by atoms with Crippen LogP contribution in [0.3, 0.4) is 0 Å². The van der Waals surface area contributed by atoms with Crippen molar-refractivity contribution in [3.05, 3.63) is 24.3 Å². The van der Waals surface area contributed by atoms with Crippen LogP contribution < -0.4 is 5.73 Å². The lowest BCUT2D eigenvalue weighted by Gasteiger charge is -2.38. The molecule has 1 aromatic rings. The summed E-state index contributed by atoms with van der Waals surface area (Å²) in [5.74, 6) is 0. The lowest BCUT2D eigenvalue weighted by atomic mass is 9.99. The van der Waals surface area contributed by atoms with Gasteiger partial charge in [-0.15, -0.1) is 0 Å². The molecule has 1 aliphatic rings. The first-order chi connectivity index (χ1) is 7.83. The van der Waals surface area contributed by atoms with Gasteiger partial charge in [-0.25, -0.2) is 0 Å². The van der Waals surface area contributed by atoms with Crippen LogP contribution in [-0.2, 0) is 0 Å². The summed E-state index contributed by atoms with van der Waals surface area (Å²) in [4.78, 5) is 11.0. The van der Waals surface area contributed by atoms with Gasteiger partial charge in [-0.3, -0.25) is 14.9 Å². The highest BCUT2D eigenvalue weighted by atomic mass is 15.2. The van der Waals surface area contributed by atoms with Crippen LogP contribution in [0.25, 0.3) is 0 Å². The van der Waals surface area contributed by atoms with Crippen molar-refractivity contribution in [1.29, 1.82) is 0 Å². The fourth-order valence-electron chi connectivity index (χ4n) is 2.48. The van der Waals surface area contributed by atoms with Gasteiger partial charge in [0, 0.05) is 31.2 Å². The third-order valence-corrected chi connectivity index (χ3v) is 3.45. The molecule has 0 bridgehead atoms. The van der Waals surface area contributed by atoms with E-state index in [1.807, 2.05) is 6.20 Å². The van der Waals surface area contributed by atoms with Gasteiger partial charge in [0.2, 0.25) is 0 Å². The Hall–Kier alpha value is -1.00. The van der Waals surface area contributed by atoms with Gasteiger partial charge in [0.25, 0.3) is 0 Å². The van der Waals surface area contributed by atoms with Gasteiger partial charge in [0.05, 0.1) is 11.7 Å². The number of likely N-dealkylation sites (tertiary alicyclic amines) is 1. The molecule has 4 heteroatoms. The molecule has 0 spiro atoms. The smallest absolute Gasteiger partial charge is 0.0755 e. The molecule has 0 unspecified atom stereocenters. The predicted octanol–water partition coefficient (Wildman–Crippen LogP) is 1.35. The molecule has 1 aromatic heterocycles. The van der Waals surface area contributed by atoms with Crippen LogP contribution in [-0.4, -0.2) is 34.0 Å². The molecule has 2 N–H and O–H groups in total. The number of piperidine rings is 1. The number of rotatable bonds is 3. The molecule has 88 valence electrons. The van der Waals surface area contributed by atoms with Gasteiger partial charge >= 0.3 is 0 Å². The fourth-order valence-corrected chi connectivity index (χ4v) is 2.48. The molecule has 0 radical (unpaired) electrons. The van der Waals surface area contributed by atoms with Crippen molar-refractivity contribution >= 4 is 0 Å². The van der Waals surface area contributed by atoms with Crippen LogP contribution in [0.5, 0.6) is 0 Å². The quantitative estimate of drug-likeness (QED) is 0.835. The van der Waals surface area contributed by atoms with Gasteiger partial charge in [-0.05, 0) is 26.3 Å². The van der Waals surface area contributed by atoms with Crippen LogP contribution in [0, 0.1) is 0 Å². The van der Waals surface area contributed by atoms with Crippen LogP contribution in [0.15, 0.2) is 18.6 Å². The van der Waals surface area contributed by atoms with E-state index in [9.17, 15) is 0 Å². The highest BCUT2D eigenvalue weighted by molar-refractivity contribution is 5.02. The number of aromatic nitrogens is 2. The van der Waals surface area contributed by atoms with E-state index in [0.717, 1.165) is 18.8 Å². The molecular weight excluding hydrogens is 200 g/mol. The van der Waals surface area contributed by atoms with Gasteiger partial charge in [-0.1, -0.05) is 6.42 Å². The minimum absolute atomic E-state index is 0.322. The Balaban J connectivity index is 2.10. The lowest BCUT2D eigenvalue weighted by Crippen LogP contribution is -2.45. The van der Waals surface area contributed by atoms with Gasteiger partial charge in [-0.2, -0.15) is 0 Å². The summed E-state index contributed by atoms with van der Waals surface area (Å²) in [5, 5.41) is 0. The maximum absolute atomic E-state index is 5.83. The SMILES string of the molecule is C[C@H](c1cnccn1)N1CCCC[C@@H]1CN. The summed E-state index contributed by atoms with van der Waals surface area (Å²) < 4.78 is 0. The number of nitrogens with two attached hydrogens (primary N) is 1. The Morgan fingerprint density at radius 1 is 1.50 bits per heavy atom. The van der Waals surface area contributed by atoms with Crippen molar-refractivity contribution in [3.8, 4) is 0 Å². The van der Waals surface area contributed by atoms with E-state index in [-0.39, 0.29) is 0 Å². The van der Waals surface area contributed by atoms with Crippen molar-refractivity contribution < 1.29 is 0 Å². The molecule has 1 fully saturated rings. The molecule has 4 nitrogen and oxygen atoms in total. The van der Waals surface area contributed by atoms with E-state index in [1.165, 1.54) is 19.3 Å². The second kappa shape index (κ2) is 5.37. The van der Waals surface area contributed by atoms with Crippen LogP contribution >= 0.6 is 0 Å². The first kappa shape index (κ1) is 11.5. The Bertz CT molecular complexity index is 314. The molecule has 16 heavy (non-hydrogen) atoms. The van der Waals surface area contributed by atoms with E-state index in [2.05, 4.69) is 21.8 Å². The standard InChI is InChI=1S/C12H20N4/c1-10(12-9-14-5-6-15-12)16-7-3-2-4-11(16)8-13/h5-6,9-11H,2-4,7-8,13H2,1H3/t10-,11-/m1/s1. The fraction of sp³-hybridized carbons (Fsp3) is 0.667. The zero-order chi connectivity index (χ0) is 11.4. The molecule has 0 amide bonds. The summed E-state index contributed by atoms with van der Waals surface area (Å²) in [6.07, 6.45) is 9.10. The molecule has 0 saturated carbocycles. The Morgan fingerprint density at radius 3 is 3.06 bits per heavy atom. The van der Waals surface area contributed by atoms with Gasteiger partial charge < -0.3 is 5.73 Å². The molecule has 1 saturated heterocycles. The Kier molecular flexibility index (Phi) is 3.85. The summed E-state index contributed by atoms with van der Waals surface area (Å²) in [6.45, 7) is 4.06. The zero-order valence-electron chi connectivity index (χ0n) is 9.84. The summed E-state index contributed by atoms with van der Waals surface area (Å²) in [5.41, 5.74) is 6.88. The normalized spacial score (nSPS) is 24.2. The number of hydrogen-bond acceptors (Lipinski definition) is 4. The molecule has 0 aromatic carbocycles. The van der Waals surface area contributed by atoms with E-state index in [4.69, 9.17) is 5.73 Å². The third kappa shape index (κ3) is 2.39. The van der Waals surface area contributed by atoms with Crippen molar-refractivity contribution in [2.45, 2.75) is 38.3 Å². The minimum Gasteiger partial charge on any atom is -0.329 e. The first-order valence-electron chi connectivity index (χ1n) is 6.04. The van der Waals surface area contributed by atoms with E-state index >= 15 is 0 Å². The second-order valence-electron chi connectivity index (χ2n) is 4.43. The zero-order valence-corrected chi connectivity index (χ0v) is 9.84. The van der Waals surface area contributed by atoms with E-state index in [1.54, 1.807) is 12.4 Å². The predicted molar refractivity (Wildman–Crippen MR) is 63.8 cm³/mol. The maximum Gasteiger partial charge on any atom is 0.0755 e. The molecular formula is C12H20N4. The highest BCUT2D eigenvalue weighted by Crippen LogP contribution is 2.26. The maximum atomic E-state index is 5.83. The first-order valence-corrected chi connectivity index (χ1v) is 6.04. The van der Waals surface area contributed by atoms with E-state index in [0.29, 0.717) is 12.1 Å². The third-order valence-electron chi connectivity index (χ3n) is 3.45. The number of nitrogens with zero attached hydrogens (tertiary/aromatic N) is 3. The van der Waals surface area contributed by atoms with Crippen LogP contribution in [0.4, 0.5) is 0 Å². The summed E-state index contributed by atoms with van der Waals surface area (Å²) in [6, 6.07) is 0.827. The average molecular weight is 220 g/mol. The van der Waals surface area contributed by atoms with Gasteiger partial charge in [0.1, 0.15) is 0 Å². The minimum atomic E-state index is 0.322. The second-order valence-corrected chi connectivity index (χ2v) is 4.43. The van der Waals surface area contributed by atoms with Crippen LogP contribution in [0.1, 0.15) is 37.9 Å². The van der Waals surface area contributed by atoms with Crippen LogP contribution in [0.2, 0.25) is 0 Å². The Labute approximate surface area is 96.9 Å². The molecule has 2 heterocycles. The largest absolute Gasteiger partial charge is 0.329 e. The molecule has 2 atom stereocenters. The molecule has 2 rings (SSSR count). The van der Waals surface area contributed by atoms with Crippen molar-refractivity contribution in [2.24, 2.45) is 5.73 Å². The number of hydrogen-bond donors (Lipinski definition) is 1. The van der Waals surface area contributed by atoms with Crippen molar-refractivity contribution in [2.75, 3.05) is 13.1 Å². The van der Waals surface area contributed by atoms with Crippen molar-refractivity contribution in [1.82, 2.24) is 14.9 Å². The average Bonchev–Trinajstić information content (AvgIpc) is 2.39. The lowest BCUT2D eigenvalue weighted by molar-refractivity contribution is 0.105. The summed E-state index contributed by atoms with van der Waals surface area (Å²) in [7, 11) is 0. The van der Waals surface area contributed by atoms with E-state index < -0.39 is 0 Å². The molecule has 0 aliphatic carbocycles.